The van der Waals surface area contributed by atoms with Gasteiger partial charge in [0.25, 0.3) is 0 Å². The molecule has 8 aromatic rings. The normalized spacial score (nSPS) is 11.2. The number of aromatic nitrogens is 1. The zero-order valence-electron chi connectivity index (χ0n) is 24.2. The number of rotatable bonds is 6. The largest absolute Gasteiger partial charge is 0.355 e. The summed E-state index contributed by atoms with van der Waals surface area (Å²) in [7, 11) is 0. The van der Waals surface area contributed by atoms with Gasteiger partial charge in [-0.1, -0.05) is 115 Å². The number of anilines is 3. The average Bonchev–Trinajstić information content (AvgIpc) is 3.47. The summed E-state index contributed by atoms with van der Waals surface area (Å²) in [5.74, 6) is 0. The molecule has 0 spiro atoms. The molecule has 2 heteroatoms. The maximum Gasteiger partial charge on any atom is 0.0465 e. The van der Waals surface area contributed by atoms with E-state index in [9.17, 15) is 0 Å². The SMILES string of the molecule is c1ccc(-c2ccccc2-c2ccc3[nH]c4ccc(-c5ccc(N(c6ccccc6)c6ccccc6)cc5)cc4c3c2)cc1. The summed E-state index contributed by atoms with van der Waals surface area (Å²) in [5.41, 5.74) is 13.0. The fourth-order valence-corrected chi connectivity index (χ4v) is 6.25. The highest BCUT2D eigenvalue weighted by atomic mass is 15.1. The Bertz CT molecular complexity index is 2160. The van der Waals surface area contributed by atoms with Gasteiger partial charge in [0.1, 0.15) is 0 Å². The van der Waals surface area contributed by atoms with Crippen LogP contribution in [0.25, 0.3) is 55.2 Å². The number of hydrogen-bond donors (Lipinski definition) is 1. The van der Waals surface area contributed by atoms with Gasteiger partial charge in [-0.05, 0) is 94.0 Å². The van der Waals surface area contributed by atoms with Crippen molar-refractivity contribution >= 4 is 38.9 Å². The minimum absolute atomic E-state index is 1.13. The monoisotopic (exact) mass is 562 g/mol. The molecule has 208 valence electrons. The van der Waals surface area contributed by atoms with E-state index >= 15 is 0 Å². The first-order valence-electron chi connectivity index (χ1n) is 15.0. The van der Waals surface area contributed by atoms with Crippen molar-refractivity contribution in [2.45, 2.75) is 0 Å². The van der Waals surface area contributed by atoms with Crippen molar-refractivity contribution in [3.05, 3.63) is 176 Å². The third-order valence-electron chi connectivity index (χ3n) is 8.41. The second-order valence-electron chi connectivity index (χ2n) is 11.1. The van der Waals surface area contributed by atoms with E-state index in [2.05, 4.69) is 186 Å². The lowest BCUT2D eigenvalue weighted by molar-refractivity contribution is 1.28. The van der Waals surface area contributed by atoms with E-state index in [-0.39, 0.29) is 0 Å². The minimum atomic E-state index is 1.13. The lowest BCUT2D eigenvalue weighted by Crippen LogP contribution is -2.09. The van der Waals surface area contributed by atoms with Crippen molar-refractivity contribution in [1.29, 1.82) is 0 Å². The zero-order valence-corrected chi connectivity index (χ0v) is 24.2. The Labute approximate surface area is 257 Å². The smallest absolute Gasteiger partial charge is 0.0465 e. The minimum Gasteiger partial charge on any atom is -0.355 e. The summed E-state index contributed by atoms with van der Waals surface area (Å²) in [6.07, 6.45) is 0. The first kappa shape index (κ1) is 25.8. The van der Waals surface area contributed by atoms with E-state index in [1.165, 1.54) is 44.2 Å². The molecule has 0 atom stereocenters. The van der Waals surface area contributed by atoms with Crippen molar-refractivity contribution in [3.63, 3.8) is 0 Å². The maximum atomic E-state index is 3.64. The molecule has 0 aliphatic rings. The van der Waals surface area contributed by atoms with Crippen LogP contribution >= 0.6 is 0 Å². The van der Waals surface area contributed by atoms with Gasteiger partial charge in [-0.15, -0.1) is 0 Å². The highest BCUT2D eigenvalue weighted by Crippen LogP contribution is 2.38. The molecular weight excluding hydrogens is 532 g/mol. The summed E-state index contributed by atoms with van der Waals surface area (Å²) >= 11 is 0. The molecule has 8 rings (SSSR count). The van der Waals surface area contributed by atoms with Crippen LogP contribution in [0.2, 0.25) is 0 Å². The quantitative estimate of drug-likeness (QED) is 0.214. The molecule has 1 heterocycles. The fourth-order valence-electron chi connectivity index (χ4n) is 6.25. The van der Waals surface area contributed by atoms with E-state index in [0.29, 0.717) is 0 Å². The van der Waals surface area contributed by atoms with Crippen molar-refractivity contribution in [1.82, 2.24) is 4.98 Å². The van der Waals surface area contributed by atoms with Crippen molar-refractivity contribution < 1.29 is 0 Å². The number of nitrogens with one attached hydrogen (secondary N) is 1. The van der Waals surface area contributed by atoms with Crippen LogP contribution in [0.3, 0.4) is 0 Å². The third kappa shape index (κ3) is 4.73. The predicted octanol–water partition coefficient (Wildman–Crippen LogP) is 11.8. The van der Waals surface area contributed by atoms with Gasteiger partial charge in [0.05, 0.1) is 0 Å². The van der Waals surface area contributed by atoms with Crippen LogP contribution in [0, 0.1) is 0 Å². The van der Waals surface area contributed by atoms with Gasteiger partial charge in [0, 0.05) is 38.9 Å². The number of nitrogens with zero attached hydrogens (tertiary/aromatic N) is 1. The van der Waals surface area contributed by atoms with Crippen molar-refractivity contribution in [2.24, 2.45) is 0 Å². The van der Waals surface area contributed by atoms with Crippen LogP contribution in [-0.2, 0) is 0 Å². The van der Waals surface area contributed by atoms with E-state index < -0.39 is 0 Å². The molecule has 0 unspecified atom stereocenters. The first-order chi connectivity index (χ1) is 21.8. The number of aromatic amines is 1. The fraction of sp³-hybridized carbons (Fsp3) is 0. The molecule has 0 amide bonds. The Morgan fingerprint density at radius 3 is 1.34 bits per heavy atom. The molecule has 1 aromatic heterocycles. The molecule has 7 aromatic carbocycles. The second kappa shape index (κ2) is 11.1. The van der Waals surface area contributed by atoms with Gasteiger partial charge in [-0.2, -0.15) is 0 Å². The van der Waals surface area contributed by atoms with Gasteiger partial charge >= 0.3 is 0 Å². The predicted molar refractivity (Wildman–Crippen MR) is 187 cm³/mol. The molecule has 0 aliphatic heterocycles. The lowest BCUT2D eigenvalue weighted by Gasteiger charge is -2.25. The topological polar surface area (TPSA) is 19.0 Å². The van der Waals surface area contributed by atoms with Gasteiger partial charge < -0.3 is 9.88 Å². The molecular formula is C42H30N2. The molecule has 1 N–H and O–H groups in total. The van der Waals surface area contributed by atoms with Crippen LogP contribution in [-0.4, -0.2) is 4.98 Å². The number of benzene rings is 7. The van der Waals surface area contributed by atoms with E-state index in [1.54, 1.807) is 0 Å². The molecule has 0 saturated carbocycles. The van der Waals surface area contributed by atoms with Gasteiger partial charge in [0.2, 0.25) is 0 Å². The summed E-state index contributed by atoms with van der Waals surface area (Å²) in [6.45, 7) is 0. The Morgan fingerprint density at radius 1 is 0.318 bits per heavy atom. The van der Waals surface area contributed by atoms with Crippen LogP contribution in [0.15, 0.2) is 176 Å². The Hall–Kier alpha value is -5.86. The average molecular weight is 563 g/mol. The van der Waals surface area contributed by atoms with Gasteiger partial charge in [-0.3, -0.25) is 0 Å². The molecule has 0 radical (unpaired) electrons. The lowest BCUT2D eigenvalue weighted by atomic mass is 9.93. The molecule has 0 bridgehead atoms. The first-order valence-corrected chi connectivity index (χ1v) is 15.0. The van der Waals surface area contributed by atoms with Crippen LogP contribution in [0.4, 0.5) is 17.1 Å². The highest BCUT2D eigenvalue weighted by Gasteiger charge is 2.14. The van der Waals surface area contributed by atoms with Gasteiger partial charge in [0.15, 0.2) is 0 Å². The van der Waals surface area contributed by atoms with Crippen LogP contribution in [0.1, 0.15) is 0 Å². The van der Waals surface area contributed by atoms with E-state index in [4.69, 9.17) is 0 Å². The molecule has 0 saturated heterocycles. The summed E-state index contributed by atoms with van der Waals surface area (Å²) in [5, 5.41) is 2.47. The third-order valence-corrected chi connectivity index (χ3v) is 8.41. The Kier molecular flexibility index (Phi) is 6.51. The molecule has 0 aliphatic carbocycles. The van der Waals surface area contributed by atoms with E-state index in [1.807, 2.05) is 0 Å². The number of hydrogen-bond acceptors (Lipinski definition) is 1. The zero-order chi connectivity index (χ0) is 29.3. The maximum absolute atomic E-state index is 3.64. The number of H-pyrrole nitrogens is 1. The Morgan fingerprint density at radius 2 is 0.750 bits per heavy atom. The highest BCUT2D eigenvalue weighted by molar-refractivity contribution is 6.10. The second-order valence-corrected chi connectivity index (χ2v) is 11.1. The van der Waals surface area contributed by atoms with Crippen LogP contribution < -0.4 is 4.90 Å². The van der Waals surface area contributed by atoms with E-state index in [0.717, 1.165) is 28.1 Å². The standard InChI is InChI=1S/C42H30N2/c1-4-12-31(13-5-1)37-18-10-11-19-38(37)33-23-27-42-40(29-33)39-28-32(22-26-41(39)43-42)30-20-24-36(25-21-30)44(34-14-6-2-7-15-34)35-16-8-3-9-17-35/h1-29,43H. The summed E-state index contributed by atoms with van der Waals surface area (Å²) < 4.78 is 0. The number of para-hydroxylation sites is 2. The molecule has 44 heavy (non-hydrogen) atoms. The molecule has 2 nitrogen and oxygen atoms in total. The summed E-state index contributed by atoms with van der Waals surface area (Å²) in [4.78, 5) is 5.93. The van der Waals surface area contributed by atoms with Crippen molar-refractivity contribution in [2.75, 3.05) is 4.90 Å². The van der Waals surface area contributed by atoms with Crippen LogP contribution in [0.5, 0.6) is 0 Å². The number of fused-ring (bicyclic) bond motifs is 3. The Balaban J connectivity index is 1.18. The summed E-state index contributed by atoms with van der Waals surface area (Å²) in [6, 6.07) is 62.8. The molecule has 0 fully saturated rings. The van der Waals surface area contributed by atoms with Gasteiger partial charge in [-0.25, -0.2) is 0 Å². The van der Waals surface area contributed by atoms with Crippen molar-refractivity contribution in [3.8, 4) is 33.4 Å².